The lowest BCUT2D eigenvalue weighted by atomic mass is 9.98. The topological polar surface area (TPSA) is 66.5 Å². The molecule has 0 radical (unpaired) electrons. The van der Waals surface area contributed by atoms with Crippen molar-refractivity contribution in [3.63, 3.8) is 0 Å². The van der Waals surface area contributed by atoms with Crippen LogP contribution in [-0.2, 0) is 27.5 Å². The Morgan fingerprint density at radius 2 is 1.71 bits per heavy atom. The summed E-state index contributed by atoms with van der Waals surface area (Å²) in [5, 5.41) is 2.70. The first-order valence-corrected chi connectivity index (χ1v) is 12.3. The molecule has 10 heteroatoms. The van der Waals surface area contributed by atoms with Gasteiger partial charge in [-0.15, -0.1) is 0 Å². The predicted molar refractivity (Wildman–Crippen MR) is 122 cm³/mol. The molecule has 1 N–H and O–H groups in total. The number of alkyl halides is 3. The van der Waals surface area contributed by atoms with Gasteiger partial charge < -0.3 is 5.32 Å². The van der Waals surface area contributed by atoms with Crippen molar-refractivity contribution in [1.82, 2.24) is 9.62 Å². The van der Waals surface area contributed by atoms with E-state index in [0.717, 1.165) is 34.6 Å². The van der Waals surface area contributed by atoms with Crippen LogP contribution in [0.1, 0.15) is 24.0 Å². The average molecular weight is 507 g/mol. The minimum absolute atomic E-state index is 0.0157. The second-order valence-corrected chi connectivity index (χ2v) is 10.1. The first kappa shape index (κ1) is 24.9. The number of halogens is 4. The van der Waals surface area contributed by atoms with Crippen LogP contribution in [-0.4, -0.2) is 31.2 Å². The molecule has 4 rings (SSSR count). The third-order valence-electron chi connectivity index (χ3n) is 5.86. The number of sulfonamides is 1. The molecule has 1 atom stereocenters. The summed E-state index contributed by atoms with van der Waals surface area (Å²) in [6, 6.07) is 15.1. The Balaban J connectivity index is 1.49. The van der Waals surface area contributed by atoms with E-state index < -0.39 is 39.5 Å². The summed E-state index contributed by atoms with van der Waals surface area (Å²) in [6.07, 6.45) is -3.70. The maximum absolute atomic E-state index is 13.4. The highest BCUT2D eigenvalue weighted by molar-refractivity contribution is 7.89. The van der Waals surface area contributed by atoms with Gasteiger partial charge in [0.2, 0.25) is 15.9 Å². The Labute approximate surface area is 200 Å². The number of hydrogen-bond donors (Lipinski definition) is 1. The van der Waals surface area contributed by atoms with Crippen molar-refractivity contribution < 1.29 is 30.8 Å². The van der Waals surface area contributed by atoms with Gasteiger partial charge in [0, 0.05) is 13.1 Å². The Morgan fingerprint density at radius 3 is 2.43 bits per heavy atom. The van der Waals surface area contributed by atoms with Crippen molar-refractivity contribution in [2.24, 2.45) is 0 Å². The van der Waals surface area contributed by atoms with Gasteiger partial charge in [-0.05, 0) is 65.9 Å². The Hall–Kier alpha value is -3.24. The van der Waals surface area contributed by atoms with Crippen LogP contribution in [0.5, 0.6) is 0 Å². The molecule has 35 heavy (non-hydrogen) atoms. The highest BCUT2D eigenvalue weighted by atomic mass is 32.2. The molecule has 1 amide bonds. The van der Waals surface area contributed by atoms with Gasteiger partial charge in [-0.3, -0.25) is 4.79 Å². The molecular weight excluding hydrogens is 484 g/mol. The summed E-state index contributed by atoms with van der Waals surface area (Å²) >= 11 is 0. The fourth-order valence-corrected chi connectivity index (χ4v) is 5.83. The van der Waals surface area contributed by atoms with Crippen LogP contribution in [0.2, 0.25) is 0 Å². The summed E-state index contributed by atoms with van der Waals surface area (Å²) in [6.45, 7) is 0.170. The third kappa shape index (κ3) is 5.38. The van der Waals surface area contributed by atoms with Crippen molar-refractivity contribution in [3.8, 4) is 11.1 Å². The zero-order chi connectivity index (χ0) is 25.2. The summed E-state index contributed by atoms with van der Waals surface area (Å²) in [7, 11) is -3.99. The van der Waals surface area contributed by atoms with Gasteiger partial charge in [0.15, 0.2) is 0 Å². The molecular formula is C25H22F4N2O3S. The third-order valence-corrected chi connectivity index (χ3v) is 7.79. The highest BCUT2D eigenvalue weighted by Gasteiger charge is 2.39. The molecule has 184 valence electrons. The molecule has 3 aromatic rings. The highest BCUT2D eigenvalue weighted by Crippen LogP contribution is 2.37. The Kier molecular flexibility index (Phi) is 6.95. The lowest BCUT2D eigenvalue weighted by Gasteiger charge is -2.23. The number of nitrogens with one attached hydrogen (secondary N) is 1. The van der Waals surface area contributed by atoms with Crippen molar-refractivity contribution in [2.75, 3.05) is 6.54 Å². The van der Waals surface area contributed by atoms with Crippen LogP contribution in [0.4, 0.5) is 17.6 Å². The van der Waals surface area contributed by atoms with Gasteiger partial charge in [0.25, 0.3) is 0 Å². The van der Waals surface area contributed by atoms with E-state index in [-0.39, 0.29) is 23.5 Å². The number of carbonyl (C=O) groups excluding carboxylic acids is 1. The van der Waals surface area contributed by atoms with E-state index in [4.69, 9.17) is 0 Å². The van der Waals surface area contributed by atoms with Crippen LogP contribution in [0.25, 0.3) is 11.1 Å². The quantitative estimate of drug-likeness (QED) is 0.480. The Bertz CT molecular complexity index is 1330. The van der Waals surface area contributed by atoms with Crippen LogP contribution >= 0.6 is 0 Å². The van der Waals surface area contributed by atoms with Crippen molar-refractivity contribution in [1.29, 1.82) is 0 Å². The maximum atomic E-state index is 13.4. The van der Waals surface area contributed by atoms with Gasteiger partial charge in [0.1, 0.15) is 11.9 Å². The molecule has 1 unspecified atom stereocenters. The fraction of sp³-hybridized carbons (Fsp3) is 0.240. The molecule has 1 aliphatic heterocycles. The predicted octanol–water partition coefficient (Wildman–Crippen LogP) is 4.98. The van der Waals surface area contributed by atoms with Crippen molar-refractivity contribution in [2.45, 2.75) is 36.5 Å². The van der Waals surface area contributed by atoms with E-state index in [1.807, 2.05) is 0 Å². The lowest BCUT2D eigenvalue weighted by Crippen LogP contribution is -2.45. The minimum Gasteiger partial charge on any atom is -0.351 e. The number of amides is 1. The van der Waals surface area contributed by atoms with Crippen LogP contribution in [0.15, 0.2) is 77.7 Å². The number of benzene rings is 3. The van der Waals surface area contributed by atoms with Gasteiger partial charge in [-0.2, -0.15) is 17.5 Å². The van der Waals surface area contributed by atoms with Gasteiger partial charge in [0.05, 0.1) is 10.5 Å². The van der Waals surface area contributed by atoms with E-state index in [9.17, 15) is 30.8 Å². The largest absolute Gasteiger partial charge is 0.417 e. The first-order valence-electron chi connectivity index (χ1n) is 10.9. The van der Waals surface area contributed by atoms with Crippen LogP contribution in [0, 0.1) is 5.82 Å². The number of hydrogen-bond acceptors (Lipinski definition) is 3. The average Bonchev–Trinajstić information content (AvgIpc) is 3.34. The van der Waals surface area contributed by atoms with E-state index in [1.54, 1.807) is 24.3 Å². The maximum Gasteiger partial charge on any atom is 0.417 e. The summed E-state index contributed by atoms with van der Waals surface area (Å²) in [5.41, 5.74) is 0.194. The summed E-state index contributed by atoms with van der Waals surface area (Å²) < 4.78 is 80.5. The zero-order valence-corrected chi connectivity index (χ0v) is 19.2. The van der Waals surface area contributed by atoms with Gasteiger partial charge in [-0.1, -0.05) is 36.4 Å². The number of rotatable bonds is 6. The molecule has 0 aromatic heterocycles. The first-order chi connectivity index (χ1) is 16.6. The molecule has 0 aliphatic carbocycles. The standard InChI is InChI=1S/C25H22F4N2O3S/c26-19-10-12-20(13-11-19)35(33,34)31-14-4-9-23(31)24(32)30-16-17-5-3-6-18(15-17)21-7-1-2-8-22(21)25(27,28)29/h1-3,5-8,10-13,15,23H,4,9,14,16H2,(H,30,32). The molecule has 5 nitrogen and oxygen atoms in total. The van der Waals surface area contributed by atoms with Gasteiger partial charge >= 0.3 is 6.18 Å². The second-order valence-electron chi connectivity index (χ2n) is 8.19. The normalized spacial score (nSPS) is 16.9. The summed E-state index contributed by atoms with van der Waals surface area (Å²) in [4.78, 5) is 12.8. The summed E-state index contributed by atoms with van der Waals surface area (Å²) in [5.74, 6) is -1.07. The minimum atomic E-state index is -4.51. The SMILES string of the molecule is O=C(NCc1cccc(-c2ccccc2C(F)(F)F)c1)C1CCCN1S(=O)(=O)c1ccc(F)cc1. The van der Waals surface area contributed by atoms with Crippen molar-refractivity contribution in [3.05, 3.63) is 89.7 Å². The van der Waals surface area contributed by atoms with E-state index in [2.05, 4.69) is 5.32 Å². The second kappa shape index (κ2) is 9.79. The smallest absolute Gasteiger partial charge is 0.351 e. The lowest BCUT2D eigenvalue weighted by molar-refractivity contribution is -0.137. The van der Waals surface area contributed by atoms with Crippen molar-refractivity contribution >= 4 is 15.9 Å². The number of nitrogens with zero attached hydrogens (tertiary/aromatic N) is 1. The number of carbonyl (C=O) groups is 1. The molecule has 1 saturated heterocycles. The molecule has 1 fully saturated rings. The molecule has 0 spiro atoms. The molecule has 3 aromatic carbocycles. The fourth-order valence-electron chi connectivity index (χ4n) is 4.17. The molecule has 1 aliphatic rings. The van der Waals surface area contributed by atoms with Crippen LogP contribution in [0.3, 0.4) is 0 Å². The van der Waals surface area contributed by atoms with E-state index in [0.29, 0.717) is 24.0 Å². The molecule has 0 bridgehead atoms. The molecule has 1 heterocycles. The monoisotopic (exact) mass is 506 g/mol. The zero-order valence-electron chi connectivity index (χ0n) is 18.4. The van der Waals surface area contributed by atoms with E-state index >= 15 is 0 Å². The Morgan fingerprint density at radius 1 is 1.00 bits per heavy atom. The van der Waals surface area contributed by atoms with Gasteiger partial charge in [-0.25, -0.2) is 12.8 Å². The molecule has 0 saturated carbocycles. The van der Waals surface area contributed by atoms with Crippen LogP contribution < -0.4 is 5.32 Å². The van der Waals surface area contributed by atoms with E-state index in [1.165, 1.54) is 18.2 Å².